The third-order valence-corrected chi connectivity index (χ3v) is 7.95. The largest absolute Gasteiger partial charge is 0.489 e. The van der Waals surface area contributed by atoms with Crippen molar-refractivity contribution in [2.45, 2.75) is 95.7 Å². The number of carboxylic acid groups (broad SMARTS) is 1. The summed E-state index contributed by atoms with van der Waals surface area (Å²) in [5.41, 5.74) is 1.64. The van der Waals surface area contributed by atoms with E-state index in [0.717, 1.165) is 49.6 Å². The van der Waals surface area contributed by atoms with Crippen LogP contribution in [-0.2, 0) is 32.6 Å². The van der Waals surface area contributed by atoms with E-state index in [1.54, 1.807) is 12.1 Å². The fraction of sp³-hybridized carbons (Fsp3) is 0.424. The van der Waals surface area contributed by atoms with Gasteiger partial charge in [-0.25, -0.2) is 18.2 Å². The van der Waals surface area contributed by atoms with E-state index in [1.165, 1.54) is 49.1 Å². The molecule has 1 heterocycles. The number of esters is 1. The zero-order valence-corrected chi connectivity index (χ0v) is 26.0. The molecular weight excluding hydrogens is 568 g/mol. The standard InChI is InChI=1S/C33H42N2O7S/c1-33(2,3)42-31(36)12-10-8-6-4-5-7-9-11-25-13-18-28(19-14-25)41-24-26-15-20-29(21-16-26)43(39,40)35-30-22-17-27(23-34-30)32(37)38/h13-23H,4-12,24H2,1-3H3,(H,34,35)(H,37,38). The van der Waals surface area contributed by atoms with Crippen LogP contribution in [0.2, 0.25) is 0 Å². The Morgan fingerprint density at radius 2 is 1.42 bits per heavy atom. The molecule has 0 saturated carbocycles. The highest BCUT2D eigenvalue weighted by molar-refractivity contribution is 7.92. The van der Waals surface area contributed by atoms with E-state index < -0.39 is 21.6 Å². The fourth-order valence-corrected chi connectivity index (χ4v) is 5.34. The van der Waals surface area contributed by atoms with Crippen molar-refractivity contribution >= 4 is 27.8 Å². The molecule has 0 fully saturated rings. The van der Waals surface area contributed by atoms with E-state index >= 15 is 0 Å². The Kier molecular flexibility index (Phi) is 12.5. The highest BCUT2D eigenvalue weighted by Crippen LogP contribution is 2.19. The molecule has 43 heavy (non-hydrogen) atoms. The summed E-state index contributed by atoms with van der Waals surface area (Å²) in [4.78, 5) is 26.6. The first-order valence-electron chi connectivity index (χ1n) is 14.7. The Balaban J connectivity index is 1.31. The van der Waals surface area contributed by atoms with Crippen LogP contribution in [0.4, 0.5) is 5.82 Å². The highest BCUT2D eigenvalue weighted by atomic mass is 32.2. The number of nitrogens with zero attached hydrogens (tertiary/aromatic N) is 1. The molecule has 0 bridgehead atoms. The van der Waals surface area contributed by atoms with Gasteiger partial charge in [0, 0.05) is 12.6 Å². The molecule has 0 spiro atoms. The molecule has 2 N–H and O–H groups in total. The van der Waals surface area contributed by atoms with Crippen molar-refractivity contribution in [3.63, 3.8) is 0 Å². The quantitative estimate of drug-likeness (QED) is 0.122. The van der Waals surface area contributed by atoms with Crippen molar-refractivity contribution in [3.8, 4) is 5.75 Å². The van der Waals surface area contributed by atoms with Crippen molar-refractivity contribution < 1.29 is 32.6 Å². The van der Waals surface area contributed by atoms with Crippen LogP contribution in [-0.4, -0.2) is 36.0 Å². The molecule has 0 radical (unpaired) electrons. The van der Waals surface area contributed by atoms with Gasteiger partial charge in [0.25, 0.3) is 10.0 Å². The van der Waals surface area contributed by atoms with Gasteiger partial charge in [-0.3, -0.25) is 9.52 Å². The number of benzene rings is 2. The second kappa shape index (κ2) is 16.1. The number of aromatic nitrogens is 1. The molecule has 2 aromatic carbocycles. The Morgan fingerprint density at radius 1 is 0.814 bits per heavy atom. The van der Waals surface area contributed by atoms with E-state index in [-0.39, 0.29) is 22.2 Å². The molecule has 0 aliphatic heterocycles. The number of carboxylic acids is 1. The number of anilines is 1. The lowest BCUT2D eigenvalue weighted by molar-refractivity contribution is -0.154. The van der Waals surface area contributed by atoms with E-state index in [1.807, 2.05) is 32.9 Å². The summed E-state index contributed by atoms with van der Waals surface area (Å²) in [5, 5.41) is 8.95. The molecule has 232 valence electrons. The zero-order chi connectivity index (χ0) is 31.3. The van der Waals surface area contributed by atoms with Gasteiger partial charge in [-0.1, -0.05) is 56.4 Å². The molecule has 10 heteroatoms. The summed E-state index contributed by atoms with van der Waals surface area (Å²) in [7, 11) is -3.88. The average Bonchev–Trinajstić information content (AvgIpc) is 2.95. The molecule has 0 aliphatic rings. The maximum absolute atomic E-state index is 12.7. The molecule has 1 aromatic heterocycles. The van der Waals surface area contributed by atoms with E-state index in [0.29, 0.717) is 13.0 Å². The number of ether oxygens (including phenoxy) is 2. The fourth-order valence-electron chi connectivity index (χ4n) is 4.34. The van der Waals surface area contributed by atoms with E-state index in [4.69, 9.17) is 14.6 Å². The van der Waals surface area contributed by atoms with Crippen LogP contribution >= 0.6 is 0 Å². The van der Waals surface area contributed by atoms with Crippen LogP contribution in [0.15, 0.2) is 71.8 Å². The topological polar surface area (TPSA) is 132 Å². The van der Waals surface area contributed by atoms with Gasteiger partial charge in [0.15, 0.2) is 0 Å². The first kappa shape index (κ1) is 33.6. The molecule has 0 unspecified atom stereocenters. The highest BCUT2D eigenvalue weighted by Gasteiger charge is 2.16. The SMILES string of the molecule is CC(C)(C)OC(=O)CCCCCCCCCc1ccc(OCc2ccc(S(=O)(=O)Nc3ccc(C(=O)O)cn3)cc2)cc1. The lowest BCUT2D eigenvalue weighted by Crippen LogP contribution is -2.23. The first-order valence-corrected chi connectivity index (χ1v) is 16.1. The Morgan fingerprint density at radius 3 is 2.00 bits per heavy atom. The van der Waals surface area contributed by atoms with Gasteiger partial charge in [-0.2, -0.15) is 0 Å². The maximum Gasteiger partial charge on any atom is 0.337 e. The summed E-state index contributed by atoms with van der Waals surface area (Å²) in [5.74, 6) is -0.475. The number of hydrogen-bond donors (Lipinski definition) is 2. The summed E-state index contributed by atoms with van der Waals surface area (Å²) in [6.07, 6.45) is 10.4. The van der Waals surface area contributed by atoms with Crippen molar-refractivity contribution in [2.75, 3.05) is 4.72 Å². The maximum atomic E-state index is 12.7. The third-order valence-electron chi connectivity index (χ3n) is 6.58. The van der Waals surface area contributed by atoms with Gasteiger partial charge in [0.2, 0.25) is 0 Å². The van der Waals surface area contributed by atoms with Gasteiger partial charge >= 0.3 is 11.9 Å². The predicted octanol–water partition coefficient (Wildman–Crippen LogP) is 7.16. The molecule has 3 aromatic rings. The van der Waals surface area contributed by atoms with Crippen LogP contribution in [0.3, 0.4) is 0 Å². The van der Waals surface area contributed by atoms with E-state index in [2.05, 4.69) is 21.8 Å². The Bertz CT molecular complexity index is 1410. The van der Waals surface area contributed by atoms with Crippen LogP contribution in [0.5, 0.6) is 5.75 Å². The summed E-state index contributed by atoms with van der Waals surface area (Å²) >= 11 is 0. The van der Waals surface area contributed by atoms with Crippen LogP contribution in [0.1, 0.15) is 93.6 Å². The van der Waals surface area contributed by atoms with Gasteiger partial charge in [-0.15, -0.1) is 0 Å². The minimum Gasteiger partial charge on any atom is -0.489 e. The number of hydrogen-bond acceptors (Lipinski definition) is 7. The monoisotopic (exact) mass is 610 g/mol. The molecule has 9 nitrogen and oxygen atoms in total. The van der Waals surface area contributed by atoms with Gasteiger partial charge in [0.05, 0.1) is 10.5 Å². The van der Waals surface area contributed by atoms with Gasteiger partial charge in [0.1, 0.15) is 23.8 Å². The number of rotatable bonds is 17. The Labute approximate surface area is 254 Å². The summed E-state index contributed by atoms with van der Waals surface area (Å²) in [6.45, 7) is 5.97. The van der Waals surface area contributed by atoms with Gasteiger partial charge in [-0.05, 0) is 87.6 Å². The minimum atomic E-state index is -3.88. The summed E-state index contributed by atoms with van der Waals surface area (Å²) in [6, 6.07) is 17.0. The van der Waals surface area contributed by atoms with Crippen molar-refractivity contribution in [2.24, 2.45) is 0 Å². The summed E-state index contributed by atoms with van der Waals surface area (Å²) < 4.78 is 38.9. The second-order valence-corrected chi connectivity index (χ2v) is 13.2. The molecule has 0 amide bonds. The van der Waals surface area contributed by atoms with Crippen LogP contribution in [0, 0.1) is 0 Å². The number of carbonyl (C=O) groups excluding carboxylic acids is 1. The molecule has 3 rings (SSSR count). The van der Waals surface area contributed by atoms with Crippen LogP contribution < -0.4 is 9.46 Å². The number of aromatic carboxylic acids is 1. The predicted molar refractivity (Wildman–Crippen MR) is 166 cm³/mol. The third kappa shape index (κ3) is 12.5. The van der Waals surface area contributed by atoms with E-state index in [9.17, 15) is 18.0 Å². The zero-order valence-electron chi connectivity index (χ0n) is 25.2. The number of sulfonamides is 1. The number of carbonyl (C=O) groups is 2. The van der Waals surface area contributed by atoms with Crippen molar-refractivity contribution in [1.29, 1.82) is 0 Å². The smallest absolute Gasteiger partial charge is 0.337 e. The molecule has 0 aliphatic carbocycles. The lowest BCUT2D eigenvalue weighted by Gasteiger charge is -2.19. The number of pyridine rings is 1. The number of aryl methyl sites for hydroxylation is 1. The van der Waals surface area contributed by atoms with Crippen molar-refractivity contribution in [3.05, 3.63) is 83.6 Å². The van der Waals surface area contributed by atoms with Gasteiger partial charge < -0.3 is 14.6 Å². The minimum absolute atomic E-state index is 0.0321. The number of nitrogens with one attached hydrogen (secondary N) is 1. The Hall–Kier alpha value is -3.92. The lowest BCUT2D eigenvalue weighted by atomic mass is 10.0. The molecular formula is C33H42N2O7S. The first-order chi connectivity index (χ1) is 20.4. The van der Waals surface area contributed by atoms with Crippen molar-refractivity contribution in [1.82, 2.24) is 4.98 Å². The van der Waals surface area contributed by atoms with Crippen LogP contribution in [0.25, 0.3) is 0 Å². The average molecular weight is 611 g/mol. The normalized spacial score (nSPS) is 11.6. The molecule has 0 saturated heterocycles. The molecule has 0 atom stereocenters. The second-order valence-electron chi connectivity index (χ2n) is 11.5. The number of unbranched alkanes of at least 4 members (excludes halogenated alkanes) is 6.